The summed E-state index contributed by atoms with van der Waals surface area (Å²) in [6.45, 7) is 0.469. The Morgan fingerprint density at radius 2 is 2.22 bits per heavy atom. The quantitative estimate of drug-likeness (QED) is 0.793. The molecule has 1 N–H and O–H groups in total. The topological polar surface area (TPSA) is 84.5 Å². The van der Waals surface area contributed by atoms with Gasteiger partial charge in [0.15, 0.2) is 5.66 Å². The number of carbonyl (C=O) groups is 1. The van der Waals surface area contributed by atoms with Gasteiger partial charge >= 0.3 is 0 Å². The summed E-state index contributed by atoms with van der Waals surface area (Å²) in [5.74, 6) is 2.57. The van der Waals surface area contributed by atoms with E-state index in [0.717, 1.165) is 23.0 Å². The SMILES string of the molecule is C#CCCC1(CCC(=O)NCc2ccc3c(c2)nnn3C)N=N1. The summed E-state index contributed by atoms with van der Waals surface area (Å²) in [5, 5.41) is 19.0. The van der Waals surface area contributed by atoms with E-state index in [-0.39, 0.29) is 5.91 Å². The lowest BCUT2D eigenvalue weighted by molar-refractivity contribution is -0.121. The molecule has 0 atom stereocenters. The molecule has 7 heteroatoms. The summed E-state index contributed by atoms with van der Waals surface area (Å²) in [6.07, 6.45) is 7.61. The van der Waals surface area contributed by atoms with E-state index in [9.17, 15) is 4.79 Å². The van der Waals surface area contributed by atoms with Crippen LogP contribution in [0.5, 0.6) is 0 Å². The van der Waals surface area contributed by atoms with E-state index in [2.05, 4.69) is 31.8 Å². The summed E-state index contributed by atoms with van der Waals surface area (Å²) in [6, 6.07) is 5.85. The van der Waals surface area contributed by atoms with Crippen LogP contribution in [0.15, 0.2) is 28.4 Å². The minimum absolute atomic E-state index is 0.0124. The van der Waals surface area contributed by atoms with Crippen LogP contribution in [0.4, 0.5) is 0 Å². The van der Waals surface area contributed by atoms with Crippen LogP contribution in [0, 0.1) is 12.3 Å². The maximum Gasteiger partial charge on any atom is 0.220 e. The van der Waals surface area contributed by atoms with Crippen molar-refractivity contribution in [3.05, 3.63) is 23.8 Å². The standard InChI is InChI=1S/C16H18N6O/c1-3-4-8-16(19-20-16)9-7-15(23)17-11-12-5-6-14-13(10-12)18-21-22(14)2/h1,5-6,10H,4,7-9,11H2,2H3,(H,17,23). The third-order valence-corrected chi connectivity index (χ3v) is 3.97. The third-order valence-electron chi connectivity index (χ3n) is 3.97. The molecule has 1 amide bonds. The first-order valence-electron chi connectivity index (χ1n) is 7.54. The molecule has 0 spiro atoms. The van der Waals surface area contributed by atoms with Crippen molar-refractivity contribution in [1.82, 2.24) is 20.3 Å². The zero-order valence-corrected chi connectivity index (χ0v) is 13.0. The number of terminal acetylenes is 1. The molecule has 1 aliphatic heterocycles. The van der Waals surface area contributed by atoms with Crippen LogP contribution in [-0.2, 0) is 18.4 Å². The molecule has 1 aromatic heterocycles. The number of rotatable bonds is 7. The van der Waals surface area contributed by atoms with Gasteiger partial charge < -0.3 is 5.32 Å². The van der Waals surface area contributed by atoms with E-state index in [1.807, 2.05) is 25.2 Å². The average molecular weight is 310 g/mol. The fourth-order valence-electron chi connectivity index (χ4n) is 2.47. The van der Waals surface area contributed by atoms with Crippen LogP contribution in [0.3, 0.4) is 0 Å². The van der Waals surface area contributed by atoms with Gasteiger partial charge in [0.05, 0.1) is 5.52 Å². The molecule has 23 heavy (non-hydrogen) atoms. The lowest BCUT2D eigenvalue weighted by atomic mass is 10.0. The zero-order chi connectivity index (χ0) is 16.3. The second kappa shape index (κ2) is 6.16. The number of hydrogen-bond acceptors (Lipinski definition) is 5. The van der Waals surface area contributed by atoms with E-state index in [4.69, 9.17) is 6.42 Å². The molecule has 7 nitrogen and oxygen atoms in total. The molecule has 0 unspecified atom stereocenters. The maximum atomic E-state index is 12.0. The fourth-order valence-corrected chi connectivity index (χ4v) is 2.47. The fraction of sp³-hybridized carbons (Fsp3) is 0.438. The largest absolute Gasteiger partial charge is 0.352 e. The predicted octanol–water partition coefficient (Wildman–Crippen LogP) is 1.94. The number of aromatic nitrogens is 3. The van der Waals surface area contributed by atoms with Crippen molar-refractivity contribution in [2.45, 2.75) is 37.9 Å². The minimum atomic E-state index is -0.401. The summed E-state index contributed by atoms with van der Waals surface area (Å²) in [4.78, 5) is 12.0. The van der Waals surface area contributed by atoms with Crippen molar-refractivity contribution in [2.75, 3.05) is 0 Å². The highest BCUT2D eigenvalue weighted by Gasteiger charge is 2.39. The summed E-state index contributed by atoms with van der Waals surface area (Å²) < 4.78 is 1.72. The molecule has 0 radical (unpaired) electrons. The summed E-state index contributed by atoms with van der Waals surface area (Å²) in [7, 11) is 1.85. The van der Waals surface area contributed by atoms with Crippen LogP contribution >= 0.6 is 0 Å². The van der Waals surface area contributed by atoms with Crippen molar-refractivity contribution in [1.29, 1.82) is 0 Å². The maximum absolute atomic E-state index is 12.0. The molecule has 118 valence electrons. The van der Waals surface area contributed by atoms with Gasteiger partial charge in [0.2, 0.25) is 5.91 Å². The molecule has 0 fully saturated rings. The molecule has 1 aliphatic rings. The van der Waals surface area contributed by atoms with Crippen LogP contribution in [0.1, 0.15) is 31.2 Å². The molecule has 1 aromatic carbocycles. The van der Waals surface area contributed by atoms with E-state index >= 15 is 0 Å². The number of benzene rings is 1. The molecular formula is C16H18N6O. The summed E-state index contributed by atoms with van der Waals surface area (Å²) in [5.41, 5.74) is 2.38. The zero-order valence-electron chi connectivity index (χ0n) is 13.0. The number of nitrogens with zero attached hydrogens (tertiary/aromatic N) is 5. The normalized spacial score (nSPS) is 14.6. The number of hydrogen-bond donors (Lipinski definition) is 1. The Labute approximate surface area is 134 Å². The van der Waals surface area contributed by atoms with Crippen LogP contribution in [0.2, 0.25) is 0 Å². The highest BCUT2D eigenvalue weighted by atomic mass is 16.1. The lowest BCUT2D eigenvalue weighted by Gasteiger charge is -2.09. The number of aryl methyl sites for hydroxylation is 1. The van der Waals surface area contributed by atoms with E-state index in [0.29, 0.717) is 25.8 Å². The number of fused-ring (bicyclic) bond motifs is 1. The van der Waals surface area contributed by atoms with Crippen LogP contribution < -0.4 is 5.32 Å². The monoisotopic (exact) mass is 310 g/mol. The first kappa shape index (κ1) is 15.2. The third kappa shape index (κ3) is 3.54. The highest BCUT2D eigenvalue weighted by molar-refractivity contribution is 5.77. The highest BCUT2D eigenvalue weighted by Crippen LogP contribution is 2.37. The molecule has 3 rings (SSSR count). The van der Waals surface area contributed by atoms with E-state index < -0.39 is 5.66 Å². The average Bonchev–Trinajstić information content (AvgIpc) is 3.25. The van der Waals surface area contributed by atoms with Crippen LogP contribution in [-0.4, -0.2) is 26.6 Å². The number of carbonyl (C=O) groups excluding carboxylic acids is 1. The first-order chi connectivity index (χ1) is 11.1. The second-order valence-electron chi connectivity index (χ2n) is 5.70. The molecular weight excluding hydrogens is 292 g/mol. The van der Waals surface area contributed by atoms with Crippen molar-refractivity contribution in [3.63, 3.8) is 0 Å². The Morgan fingerprint density at radius 3 is 2.96 bits per heavy atom. The molecule has 0 bridgehead atoms. The molecule has 0 saturated carbocycles. The molecule has 0 aliphatic carbocycles. The second-order valence-corrected chi connectivity index (χ2v) is 5.70. The Kier molecular flexibility index (Phi) is 4.06. The Balaban J connectivity index is 1.47. The van der Waals surface area contributed by atoms with Crippen molar-refractivity contribution in [2.24, 2.45) is 17.3 Å². The van der Waals surface area contributed by atoms with E-state index in [1.54, 1.807) is 4.68 Å². The Hall–Kier alpha value is -2.75. The van der Waals surface area contributed by atoms with Gasteiger partial charge in [0.1, 0.15) is 5.52 Å². The van der Waals surface area contributed by atoms with Crippen molar-refractivity contribution >= 4 is 16.9 Å². The molecule has 0 saturated heterocycles. The molecule has 2 heterocycles. The number of nitrogens with one attached hydrogen (secondary N) is 1. The van der Waals surface area contributed by atoms with Gasteiger partial charge in [-0.15, -0.1) is 17.4 Å². The van der Waals surface area contributed by atoms with E-state index in [1.165, 1.54) is 0 Å². The Bertz CT molecular complexity index is 794. The predicted molar refractivity (Wildman–Crippen MR) is 85.2 cm³/mol. The van der Waals surface area contributed by atoms with Gasteiger partial charge in [0, 0.05) is 39.3 Å². The van der Waals surface area contributed by atoms with Gasteiger partial charge in [-0.2, -0.15) is 10.2 Å². The minimum Gasteiger partial charge on any atom is -0.352 e. The van der Waals surface area contributed by atoms with Crippen molar-refractivity contribution in [3.8, 4) is 12.3 Å². The Morgan fingerprint density at radius 1 is 1.39 bits per heavy atom. The summed E-state index contributed by atoms with van der Waals surface area (Å²) >= 11 is 0. The molecule has 2 aromatic rings. The van der Waals surface area contributed by atoms with Crippen LogP contribution in [0.25, 0.3) is 11.0 Å². The van der Waals surface area contributed by atoms with Gasteiger partial charge in [-0.3, -0.25) is 4.79 Å². The lowest BCUT2D eigenvalue weighted by Crippen LogP contribution is -2.24. The van der Waals surface area contributed by atoms with Gasteiger partial charge in [-0.1, -0.05) is 11.3 Å². The van der Waals surface area contributed by atoms with Gasteiger partial charge in [-0.05, 0) is 17.7 Å². The van der Waals surface area contributed by atoms with Gasteiger partial charge in [0.25, 0.3) is 0 Å². The first-order valence-corrected chi connectivity index (χ1v) is 7.54. The number of amides is 1. The van der Waals surface area contributed by atoms with Gasteiger partial charge in [-0.25, -0.2) is 4.68 Å². The smallest absolute Gasteiger partial charge is 0.220 e. The van der Waals surface area contributed by atoms with Crippen molar-refractivity contribution < 1.29 is 4.79 Å².